The summed E-state index contributed by atoms with van der Waals surface area (Å²) < 4.78 is 65.9. The normalized spacial score (nSPS) is 16.9. The van der Waals surface area contributed by atoms with Crippen LogP contribution in [-0.2, 0) is 162 Å². The van der Waals surface area contributed by atoms with Crippen molar-refractivity contribution in [3.05, 3.63) is 165 Å². The van der Waals surface area contributed by atoms with Gasteiger partial charge in [0.2, 0.25) is 0 Å². The molecule has 1 aliphatic carbocycles. The predicted octanol–water partition coefficient (Wildman–Crippen LogP) is 7.97. The second-order valence-electron chi connectivity index (χ2n) is 35.5. The van der Waals surface area contributed by atoms with E-state index in [2.05, 4.69) is 46.1 Å². The van der Waals surface area contributed by atoms with Crippen molar-refractivity contribution in [3.63, 3.8) is 0 Å². The number of esters is 7. The zero-order valence-corrected chi connectivity index (χ0v) is 87.1. The van der Waals surface area contributed by atoms with E-state index >= 15 is 0 Å². The van der Waals surface area contributed by atoms with E-state index in [4.69, 9.17) is 61.6 Å². The molecule has 41 heteroatoms. The molecule has 0 unspecified atom stereocenters. The van der Waals surface area contributed by atoms with E-state index in [9.17, 15) is 101 Å². The average molecular weight is 2020 g/mol. The lowest BCUT2D eigenvalue weighted by Crippen LogP contribution is -2.44. The number of hydrogen-bond acceptors (Lipinski definition) is 34. The van der Waals surface area contributed by atoms with Gasteiger partial charge < -0.3 is 61.6 Å². The zero-order valence-electron chi connectivity index (χ0n) is 87.1. The number of rotatable bonds is 47. The molecule has 7 aliphatic heterocycles. The van der Waals surface area contributed by atoms with Crippen molar-refractivity contribution in [1.82, 2.24) is 34.3 Å². The van der Waals surface area contributed by atoms with Gasteiger partial charge in [-0.15, -0.1) is 0 Å². The molecule has 792 valence electrons. The molecule has 1 fully saturated rings. The van der Waals surface area contributed by atoms with E-state index in [-0.39, 0.29) is 233 Å². The van der Waals surface area contributed by atoms with E-state index in [1.54, 1.807) is 125 Å². The summed E-state index contributed by atoms with van der Waals surface area (Å²) in [6.45, 7) is 65.8. The Bertz CT molecular complexity index is 5050. The van der Waals surface area contributed by atoms with Crippen LogP contribution < -0.4 is 0 Å². The zero-order chi connectivity index (χ0) is 110. The van der Waals surface area contributed by atoms with Gasteiger partial charge in [0.1, 0.15) is 32.5 Å². The van der Waals surface area contributed by atoms with Crippen LogP contribution in [-0.4, -0.2) is 329 Å². The highest BCUT2D eigenvalue weighted by Gasteiger charge is 2.44. The number of hydrogen-bond donors (Lipinski definition) is 0. The molecule has 0 bridgehead atoms. The van der Waals surface area contributed by atoms with Crippen LogP contribution in [0.5, 0.6) is 0 Å². The van der Waals surface area contributed by atoms with Crippen molar-refractivity contribution in [3.8, 4) is 0 Å². The van der Waals surface area contributed by atoms with E-state index in [0.717, 1.165) is 28.0 Å². The van der Waals surface area contributed by atoms with Crippen LogP contribution >= 0.6 is 0 Å². The average Bonchev–Trinajstić information content (AvgIpc) is 1.64. The van der Waals surface area contributed by atoms with Gasteiger partial charge in [0.25, 0.3) is 82.7 Å². The maximum atomic E-state index is 12.1. The highest BCUT2D eigenvalue weighted by molar-refractivity contribution is 6.23. The number of carbonyl (C=O) groups excluding carboxylic acids is 21. The molecule has 0 atom stereocenters. The summed E-state index contributed by atoms with van der Waals surface area (Å²) in [7, 11) is 0. The van der Waals surface area contributed by atoms with Gasteiger partial charge in [0.15, 0.2) is 0 Å². The first kappa shape index (κ1) is 126. The third-order valence-electron chi connectivity index (χ3n) is 22.8. The van der Waals surface area contributed by atoms with E-state index in [1.165, 1.54) is 24.5 Å². The smallest absolute Gasteiger partial charge is 0.333 e. The first-order valence-corrected chi connectivity index (χ1v) is 46.2. The fraction of sp³-hybridized carbons (Fsp3) is 0.524. The second kappa shape index (κ2) is 61.4. The molecule has 0 N–H and O–H groups in total. The van der Waals surface area contributed by atoms with Gasteiger partial charge in [-0.1, -0.05) is 73.7 Å². The fourth-order valence-electron chi connectivity index (χ4n) is 13.1. The standard InChI is InChI=1S/C16H23NO6.C16H21NO4.C15H21NO6.C15H21NO4.C14H19NO5.C14H19NO4.C13H17NO5/c1-11(2)16(20)23-10-9-22-8-7-21-6-5-17-14(18)12(3)13(4)15(17)19;1-9(2)16(20)21-13-7-5-12(6-8-13)17-14(18)10(3)11(4)15(17)19;1-4-13(17)22-10-9-21-8-7-20-6-5-16-14(18)11(2)12(3)15(16)19;1-9(2)14(19)20-8-15(5,6)7-16-12(17)10(3)11(4)13(16)18;1-9(2)14(18)20-8-7-19-6-5-15-12(16)10(3)11(4)13(15)17;1-6-11(16)19-8-14(4,5)7-15-12(17)9(2)10(3)13(15)18;1-4-11(15)19-8-7-18-6-5-14-12(16)9(2)10(3)13(14)17/h1,5-10H2,2-4H3;12-13H,1,5-8H2,2-4H3;4H,1,5-10H2,2-3H3;1,7-8H2,2-6H3;1,5-8H2,2-4H3;6H,1,7-8H2,2-5H3;4H,1,5-8H2,2-3H3. The molecule has 8 aliphatic rings. The van der Waals surface area contributed by atoms with Crippen molar-refractivity contribution in [1.29, 1.82) is 0 Å². The summed E-state index contributed by atoms with van der Waals surface area (Å²) in [4.78, 5) is 252. The van der Waals surface area contributed by atoms with Crippen molar-refractivity contribution >= 4 is 124 Å². The molecular formula is C103H141N7O34. The summed E-state index contributed by atoms with van der Waals surface area (Å²) in [6.07, 6.45) is 5.77. The van der Waals surface area contributed by atoms with Gasteiger partial charge in [0, 0.05) is 149 Å². The van der Waals surface area contributed by atoms with Crippen molar-refractivity contribution in [2.45, 2.75) is 190 Å². The molecule has 144 heavy (non-hydrogen) atoms. The Hall–Kier alpha value is -13.6. The van der Waals surface area contributed by atoms with Gasteiger partial charge in [0.05, 0.1) is 119 Å². The Kier molecular flexibility index (Phi) is 53.9. The quantitative estimate of drug-likeness (QED) is 0.0183. The van der Waals surface area contributed by atoms with Gasteiger partial charge in [-0.25, -0.2) is 33.6 Å². The number of carbonyl (C=O) groups is 21. The third-order valence-corrected chi connectivity index (χ3v) is 22.8. The summed E-state index contributed by atoms with van der Waals surface area (Å²) in [5.74, 6) is -6.84. The lowest BCUT2D eigenvalue weighted by molar-refractivity contribution is -0.149. The van der Waals surface area contributed by atoms with Gasteiger partial charge in [-0.2, -0.15) is 0 Å². The van der Waals surface area contributed by atoms with Crippen LogP contribution in [0.15, 0.2) is 165 Å². The molecular weight excluding hydrogens is 1880 g/mol. The van der Waals surface area contributed by atoms with E-state index in [0.29, 0.717) is 152 Å². The Balaban J connectivity index is 0.000000568. The summed E-state index contributed by atoms with van der Waals surface area (Å²) >= 11 is 0. The fourth-order valence-corrected chi connectivity index (χ4v) is 13.1. The van der Waals surface area contributed by atoms with Crippen LogP contribution in [0, 0.1) is 10.8 Å². The van der Waals surface area contributed by atoms with Crippen LogP contribution in [0.2, 0.25) is 0 Å². The van der Waals surface area contributed by atoms with Crippen LogP contribution in [0.1, 0.15) is 178 Å². The molecule has 1 saturated carbocycles. The third kappa shape index (κ3) is 39.3. The highest BCUT2D eigenvalue weighted by Crippen LogP contribution is 2.33. The SMILES string of the molecule is C=C(C)C(=O)OC1CCC(N2C(=O)C(C)=C(C)C2=O)CC1.C=C(C)C(=O)OCC(C)(C)CN1C(=O)C(C)=C(C)C1=O.C=C(C)C(=O)OCCOCCN1C(=O)C(C)=C(C)C1=O.C=C(C)C(=O)OCCOCCOCCN1C(=O)C(C)=C(C)C1=O.C=CC(=O)OCC(C)(C)CN1C(=O)C(C)=C(C)C1=O.C=CC(=O)OCCOCCN1C(=O)C(C)=C(C)C1=O.C=CC(=O)OCCOCCOCCN1C(=O)C(C)=C(C)C1=O. The maximum absolute atomic E-state index is 12.1. The minimum absolute atomic E-state index is 0.0859. The molecule has 0 aromatic heterocycles. The second-order valence-corrected chi connectivity index (χ2v) is 35.5. The van der Waals surface area contributed by atoms with Crippen molar-refractivity contribution in [2.24, 2.45) is 10.8 Å². The Morgan fingerprint density at radius 2 is 0.458 bits per heavy atom. The Labute approximate surface area is 840 Å². The predicted molar refractivity (Wildman–Crippen MR) is 521 cm³/mol. The van der Waals surface area contributed by atoms with Gasteiger partial charge in [-0.05, 0) is 150 Å². The highest BCUT2D eigenvalue weighted by atomic mass is 16.6. The first-order valence-electron chi connectivity index (χ1n) is 46.2. The molecule has 0 saturated heterocycles. The molecule has 0 aromatic rings. The summed E-state index contributed by atoms with van der Waals surface area (Å²) in [5, 5.41) is 0. The Morgan fingerprint density at radius 1 is 0.264 bits per heavy atom. The lowest BCUT2D eigenvalue weighted by atomic mass is 9.91. The summed E-state index contributed by atoms with van der Waals surface area (Å²) in [5.41, 5.74) is 7.21. The first-order chi connectivity index (χ1) is 67.3. The summed E-state index contributed by atoms with van der Waals surface area (Å²) in [6, 6.07) is -0.0859. The number of amides is 14. The molecule has 41 nitrogen and oxygen atoms in total. The molecule has 8 rings (SSSR count). The topological polar surface area (TPSA) is 501 Å². The van der Waals surface area contributed by atoms with E-state index in [1.807, 2.05) is 27.7 Å². The minimum Gasteiger partial charge on any atom is -0.462 e. The molecule has 14 amide bonds. The van der Waals surface area contributed by atoms with Crippen LogP contribution in [0.3, 0.4) is 0 Å². The lowest BCUT2D eigenvalue weighted by Gasteiger charge is -2.33. The molecule has 0 radical (unpaired) electrons. The number of nitrogens with zero attached hydrogens (tertiary/aromatic N) is 7. The number of ether oxygens (including phenoxy) is 13. The van der Waals surface area contributed by atoms with Gasteiger partial charge >= 0.3 is 41.8 Å². The molecule has 0 aromatic carbocycles. The van der Waals surface area contributed by atoms with Crippen LogP contribution in [0.4, 0.5) is 0 Å². The van der Waals surface area contributed by atoms with Crippen LogP contribution in [0.25, 0.3) is 0 Å². The largest absolute Gasteiger partial charge is 0.462 e. The monoisotopic (exact) mass is 2020 g/mol. The maximum Gasteiger partial charge on any atom is 0.333 e. The van der Waals surface area contributed by atoms with Crippen molar-refractivity contribution in [2.75, 3.05) is 158 Å². The molecule has 7 heterocycles. The Morgan fingerprint density at radius 3 is 0.694 bits per heavy atom. The van der Waals surface area contributed by atoms with Gasteiger partial charge in [-0.3, -0.25) is 101 Å². The molecule has 0 spiro atoms. The van der Waals surface area contributed by atoms with Crippen molar-refractivity contribution < 1.29 is 162 Å². The van der Waals surface area contributed by atoms with E-state index < -0.39 is 46.6 Å². The number of imide groups is 7. The minimum atomic E-state index is -0.516.